The Kier molecular flexibility index (Phi) is 3.28. The molecule has 0 radical (unpaired) electrons. The van der Waals surface area contributed by atoms with E-state index in [-0.39, 0.29) is 0 Å². The first-order valence-electron chi connectivity index (χ1n) is 5.81. The Balaban J connectivity index is 2.44. The molecule has 1 aromatic heterocycles. The zero-order valence-corrected chi connectivity index (χ0v) is 10.3. The van der Waals surface area contributed by atoms with Gasteiger partial charge in [0.25, 0.3) is 0 Å². The van der Waals surface area contributed by atoms with E-state index in [9.17, 15) is 0 Å². The smallest absolute Gasteiger partial charge is 0.0707 e. The summed E-state index contributed by atoms with van der Waals surface area (Å²) in [6, 6.07) is 8.90. The van der Waals surface area contributed by atoms with Gasteiger partial charge in [0.2, 0.25) is 0 Å². The minimum absolute atomic E-state index is 0.372. The molecule has 0 atom stereocenters. The van der Waals surface area contributed by atoms with Gasteiger partial charge in [0.15, 0.2) is 0 Å². The molecular weight excluding hydrogens is 224 g/mol. The van der Waals surface area contributed by atoms with Gasteiger partial charge in [-0.15, -0.1) is 0 Å². The number of aryl methyl sites for hydroxylation is 1. The average Bonchev–Trinajstić information content (AvgIpc) is 2.41. The molecule has 1 heterocycles. The van der Waals surface area contributed by atoms with Crippen molar-refractivity contribution in [2.24, 2.45) is 0 Å². The van der Waals surface area contributed by atoms with Crippen molar-refractivity contribution in [3.05, 3.63) is 53.3 Å². The Labute approximate surface area is 106 Å². The van der Waals surface area contributed by atoms with E-state index in [1.165, 1.54) is 0 Å². The van der Waals surface area contributed by atoms with Crippen LogP contribution in [-0.4, -0.2) is 10.7 Å². The maximum atomic E-state index is 8.22. The molecule has 0 amide bonds. The molecule has 0 aliphatic rings. The maximum Gasteiger partial charge on any atom is 0.0707 e. The Bertz CT molecular complexity index is 590. The van der Waals surface area contributed by atoms with Crippen molar-refractivity contribution in [3.63, 3.8) is 0 Å². The number of nitrogens with two attached hydrogens (primary N) is 2. The van der Waals surface area contributed by atoms with Crippen LogP contribution in [-0.2, 0) is 6.42 Å². The summed E-state index contributed by atoms with van der Waals surface area (Å²) in [6.07, 6.45) is 2.55. The van der Waals surface area contributed by atoms with E-state index in [4.69, 9.17) is 16.9 Å². The Morgan fingerprint density at radius 1 is 1.22 bits per heavy atom. The molecule has 0 bridgehead atoms. The number of hydrogen-bond acceptors (Lipinski definition) is 4. The Morgan fingerprint density at radius 3 is 2.72 bits per heavy atom. The number of hydrogen-bond donors (Lipinski definition) is 3. The fraction of sp³-hybridized carbons (Fsp3) is 0.143. The van der Waals surface area contributed by atoms with Gasteiger partial charge >= 0.3 is 0 Å². The van der Waals surface area contributed by atoms with Crippen molar-refractivity contribution in [2.45, 2.75) is 13.3 Å². The first kappa shape index (κ1) is 12.1. The Morgan fingerprint density at radius 2 is 2.00 bits per heavy atom. The largest absolute Gasteiger partial charge is 0.399 e. The number of nitrogen functional groups attached to an aromatic ring is 2. The molecule has 0 saturated heterocycles. The first-order valence-corrected chi connectivity index (χ1v) is 5.81. The van der Waals surface area contributed by atoms with E-state index < -0.39 is 0 Å². The third-order valence-electron chi connectivity index (χ3n) is 2.81. The molecule has 2 aromatic rings. The number of nitrogens with zero attached hydrogens (tertiary/aromatic N) is 1. The van der Waals surface area contributed by atoms with Crippen LogP contribution < -0.4 is 11.5 Å². The lowest BCUT2D eigenvalue weighted by Gasteiger charge is -2.09. The standard InChI is InChI=1S/C14H16N4/c1-2-11-7-9(5-6-18-11)14(17)12-8-10(15)3-4-13(12)16/h3-8,17H,2,15-16H2,1H3. The van der Waals surface area contributed by atoms with Crippen molar-refractivity contribution in [2.75, 3.05) is 11.5 Å². The molecule has 2 rings (SSSR count). The molecule has 5 N–H and O–H groups in total. The second-order valence-corrected chi connectivity index (χ2v) is 4.11. The van der Waals surface area contributed by atoms with Crippen LogP contribution in [0.1, 0.15) is 23.7 Å². The van der Waals surface area contributed by atoms with Gasteiger partial charge in [0.05, 0.1) is 5.71 Å². The van der Waals surface area contributed by atoms with Gasteiger partial charge in [-0.1, -0.05) is 6.92 Å². The second-order valence-electron chi connectivity index (χ2n) is 4.11. The summed E-state index contributed by atoms with van der Waals surface area (Å²) in [5, 5.41) is 8.22. The summed E-state index contributed by atoms with van der Waals surface area (Å²) in [6.45, 7) is 2.03. The van der Waals surface area contributed by atoms with Crippen LogP contribution in [0.25, 0.3) is 0 Å². The lowest BCUT2D eigenvalue weighted by molar-refractivity contribution is 1.03. The SMILES string of the molecule is CCc1cc(C(=N)c2cc(N)ccc2N)ccn1. The third kappa shape index (κ3) is 2.32. The van der Waals surface area contributed by atoms with Crippen molar-refractivity contribution < 1.29 is 0 Å². The van der Waals surface area contributed by atoms with E-state index in [0.717, 1.165) is 17.7 Å². The predicted molar refractivity (Wildman–Crippen MR) is 74.8 cm³/mol. The summed E-state index contributed by atoms with van der Waals surface area (Å²) in [5.41, 5.74) is 15.6. The molecule has 0 spiro atoms. The van der Waals surface area contributed by atoms with Crippen LogP contribution in [0.5, 0.6) is 0 Å². The van der Waals surface area contributed by atoms with Crippen LogP contribution in [0.2, 0.25) is 0 Å². The number of nitrogens with one attached hydrogen (secondary N) is 1. The van der Waals surface area contributed by atoms with Gasteiger partial charge in [0, 0.05) is 34.4 Å². The molecule has 0 aliphatic heterocycles. The number of benzene rings is 1. The van der Waals surface area contributed by atoms with Crippen molar-refractivity contribution in [1.29, 1.82) is 5.41 Å². The molecule has 0 unspecified atom stereocenters. The molecule has 92 valence electrons. The minimum atomic E-state index is 0.372. The van der Waals surface area contributed by atoms with Gasteiger partial charge in [-0.3, -0.25) is 10.4 Å². The normalized spacial score (nSPS) is 10.3. The quantitative estimate of drug-likeness (QED) is 0.567. The van der Waals surface area contributed by atoms with Crippen LogP contribution in [0.15, 0.2) is 36.5 Å². The third-order valence-corrected chi connectivity index (χ3v) is 2.81. The fourth-order valence-corrected chi connectivity index (χ4v) is 1.77. The van der Waals surface area contributed by atoms with Gasteiger partial charge in [0.1, 0.15) is 0 Å². The van der Waals surface area contributed by atoms with Crippen LogP contribution in [0, 0.1) is 5.41 Å². The fourth-order valence-electron chi connectivity index (χ4n) is 1.77. The molecular formula is C14H16N4. The Hall–Kier alpha value is -2.36. The zero-order chi connectivity index (χ0) is 13.1. The lowest BCUT2D eigenvalue weighted by atomic mass is 10.0. The van der Waals surface area contributed by atoms with E-state index in [2.05, 4.69) is 4.98 Å². The monoisotopic (exact) mass is 240 g/mol. The number of rotatable bonds is 3. The van der Waals surface area contributed by atoms with Crippen molar-refractivity contribution >= 4 is 17.1 Å². The lowest BCUT2D eigenvalue weighted by Crippen LogP contribution is -2.07. The molecule has 4 nitrogen and oxygen atoms in total. The number of pyridine rings is 1. The van der Waals surface area contributed by atoms with Crippen molar-refractivity contribution in [1.82, 2.24) is 4.98 Å². The molecule has 18 heavy (non-hydrogen) atoms. The van der Waals surface area contributed by atoms with Crippen LogP contribution >= 0.6 is 0 Å². The topological polar surface area (TPSA) is 88.8 Å². The van der Waals surface area contributed by atoms with Gasteiger partial charge in [-0.05, 0) is 36.8 Å². The predicted octanol–water partition coefficient (Wildman–Crippen LogP) is 2.22. The second kappa shape index (κ2) is 4.87. The maximum absolute atomic E-state index is 8.22. The molecule has 1 aromatic carbocycles. The summed E-state index contributed by atoms with van der Waals surface area (Å²) < 4.78 is 0. The summed E-state index contributed by atoms with van der Waals surface area (Å²) in [5.74, 6) is 0. The van der Waals surface area contributed by atoms with E-state index in [0.29, 0.717) is 22.6 Å². The highest BCUT2D eigenvalue weighted by Crippen LogP contribution is 2.19. The highest BCUT2D eigenvalue weighted by molar-refractivity contribution is 6.14. The van der Waals surface area contributed by atoms with Crippen LogP contribution in [0.4, 0.5) is 11.4 Å². The molecule has 0 saturated carbocycles. The van der Waals surface area contributed by atoms with E-state index in [1.807, 2.05) is 19.1 Å². The number of aromatic nitrogens is 1. The average molecular weight is 240 g/mol. The summed E-state index contributed by atoms with van der Waals surface area (Å²) >= 11 is 0. The van der Waals surface area contributed by atoms with E-state index in [1.54, 1.807) is 24.4 Å². The number of anilines is 2. The molecule has 4 heteroatoms. The van der Waals surface area contributed by atoms with Gasteiger partial charge < -0.3 is 11.5 Å². The first-order chi connectivity index (χ1) is 8.61. The highest BCUT2D eigenvalue weighted by atomic mass is 14.7. The van der Waals surface area contributed by atoms with Gasteiger partial charge in [-0.2, -0.15) is 0 Å². The van der Waals surface area contributed by atoms with Gasteiger partial charge in [-0.25, -0.2) is 0 Å². The molecule has 0 fully saturated rings. The minimum Gasteiger partial charge on any atom is -0.399 e. The highest BCUT2D eigenvalue weighted by Gasteiger charge is 2.09. The molecule has 0 aliphatic carbocycles. The van der Waals surface area contributed by atoms with Crippen LogP contribution in [0.3, 0.4) is 0 Å². The zero-order valence-electron chi connectivity index (χ0n) is 10.3. The summed E-state index contributed by atoms with van der Waals surface area (Å²) in [4.78, 5) is 4.22. The summed E-state index contributed by atoms with van der Waals surface area (Å²) in [7, 11) is 0. The van der Waals surface area contributed by atoms with Crippen molar-refractivity contribution in [3.8, 4) is 0 Å². The van der Waals surface area contributed by atoms with E-state index >= 15 is 0 Å².